The van der Waals surface area contributed by atoms with Gasteiger partial charge in [-0.3, -0.25) is 13.8 Å². The summed E-state index contributed by atoms with van der Waals surface area (Å²) in [6, 6.07) is 0. The average Bonchev–Trinajstić information content (AvgIpc) is 2.92. The number of rotatable bonds is 14. The Bertz CT molecular complexity index is 583. The fourth-order valence-corrected chi connectivity index (χ4v) is 6.89. The molecule has 0 saturated heterocycles. The van der Waals surface area contributed by atoms with E-state index in [0.717, 1.165) is 39.9 Å². The molecule has 0 aromatic carbocycles. The van der Waals surface area contributed by atoms with Crippen LogP contribution in [0.25, 0.3) is 0 Å². The zero-order chi connectivity index (χ0) is 18.5. The van der Waals surface area contributed by atoms with Crippen molar-refractivity contribution in [3.8, 4) is 0 Å². The van der Waals surface area contributed by atoms with Crippen molar-refractivity contribution in [2.45, 2.75) is 75.3 Å². The molecule has 1 rings (SSSR count). The van der Waals surface area contributed by atoms with Gasteiger partial charge in [-0.25, -0.2) is 0 Å². The van der Waals surface area contributed by atoms with Gasteiger partial charge in [0, 0.05) is 0 Å². The highest BCUT2D eigenvalue weighted by Crippen LogP contribution is 2.25. The number of halogens is 1. The number of carbonyl (C=O) groups is 1. The molecule has 0 aliphatic rings. The lowest BCUT2D eigenvalue weighted by Crippen LogP contribution is -2.15. The minimum Gasteiger partial charge on any atom is -0.465 e. The highest BCUT2D eigenvalue weighted by molar-refractivity contribution is 7.91. The van der Waals surface area contributed by atoms with E-state index in [2.05, 4.69) is 6.92 Å². The maximum absolute atomic E-state index is 12.0. The quantitative estimate of drug-likeness (QED) is 0.227. The first kappa shape index (κ1) is 22.8. The van der Waals surface area contributed by atoms with Gasteiger partial charge in [-0.05, 0) is 16.8 Å². The van der Waals surface area contributed by atoms with Gasteiger partial charge in [-0.2, -0.15) is 0 Å². The van der Waals surface area contributed by atoms with E-state index < -0.39 is 16.8 Å². The van der Waals surface area contributed by atoms with E-state index in [1.807, 2.05) is 0 Å². The van der Waals surface area contributed by atoms with Crippen LogP contribution in [0.5, 0.6) is 0 Å². The third kappa shape index (κ3) is 9.87. The molecule has 0 saturated carbocycles. The smallest absolute Gasteiger partial charge is 0.318 e. The second-order valence-corrected chi connectivity index (χ2v) is 10.1. The standard InChI is InChI=1S/C17H27ClO4S3/c1-2-3-4-5-6-7-8-9-10-11-12-22-14(19)13-25(21)17-15(18)16(20)23-24-17/h2-13H2,1H3. The molecule has 144 valence electrons. The topological polar surface area (TPSA) is 60.4 Å². The number of hydrogen-bond acceptors (Lipinski definition) is 6. The minimum absolute atomic E-state index is 0.0316. The third-order valence-corrected chi connectivity index (χ3v) is 8.70. The van der Waals surface area contributed by atoms with E-state index in [1.54, 1.807) is 0 Å². The molecule has 0 amide bonds. The largest absolute Gasteiger partial charge is 0.465 e. The summed E-state index contributed by atoms with van der Waals surface area (Å²) in [5.74, 6) is -0.749. The second-order valence-electron chi connectivity index (χ2n) is 5.95. The van der Waals surface area contributed by atoms with Gasteiger partial charge in [-0.1, -0.05) is 86.7 Å². The fraction of sp³-hybridized carbons (Fsp3) is 0.765. The number of carbonyl (C=O) groups excluding carboxylic acids is 1. The molecule has 1 heterocycles. The number of hydrogen-bond donors (Lipinski definition) is 0. The number of unbranched alkanes of at least 4 members (excludes halogenated alkanes) is 9. The van der Waals surface area contributed by atoms with E-state index in [9.17, 15) is 13.8 Å². The fourth-order valence-electron chi connectivity index (χ4n) is 2.36. The molecular weight excluding hydrogens is 400 g/mol. The molecule has 8 heteroatoms. The van der Waals surface area contributed by atoms with Crippen LogP contribution in [0, 0.1) is 0 Å². The summed E-state index contributed by atoms with van der Waals surface area (Å²) in [5.41, 5.74) is 0. The van der Waals surface area contributed by atoms with E-state index in [0.29, 0.717) is 6.61 Å². The predicted molar refractivity (Wildman–Crippen MR) is 108 cm³/mol. The van der Waals surface area contributed by atoms with Crippen LogP contribution in [0.3, 0.4) is 0 Å². The van der Waals surface area contributed by atoms with Gasteiger partial charge in [0.1, 0.15) is 15.0 Å². The summed E-state index contributed by atoms with van der Waals surface area (Å²) < 4.78 is 17.1. The zero-order valence-corrected chi connectivity index (χ0v) is 17.9. The van der Waals surface area contributed by atoms with Crippen LogP contribution in [0.1, 0.15) is 71.1 Å². The summed E-state index contributed by atoms with van der Waals surface area (Å²) >= 11 is 5.77. The lowest BCUT2D eigenvalue weighted by atomic mass is 10.1. The van der Waals surface area contributed by atoms with Crippen molar-refractivity contribution in [1.29, 1.82) is 0 Å². The SMILES string of the molecule is CCCCCCCCCCCCOC(=O)CS(=O)c1ssc(=O)c1Cl. The molecule has 25 heavy (non-hydrogen) atoms. The average molecular weight is 427 g/mol. The Kier molecular flexibility index (Phi) is 12.7. The van der Waals surface area contributed by atoms with Crippen LogP contribution in [0.4, 0.5) is 0 Å². The third-order valence-electron chi connectivity index (χ3n) is 3.77. The van der Waals surface area contributed by atoms with Crippen molar-refractivity contribution >= 4 is 49.1 Å². The molecule has 1 unspecified atom stereocenters. The maximum Gasteiger partial charge on any atom is 0.318 e. The van der Waals surface area contributed by atoms with Gasteiger partial charge in [0.05, 0.1) is 17.4 Å². The first-order chi connectivity index (χ1) is 12.1. The van der Waals surface area contributed by atoms with Crippen LogP contribution in [0.2, 0.25) is 5.02 Å². The molecule has 4 nitrogen and oxygen atoms in total. The Hall–Kier alpha value is -0.240. The Labute approximate surface area is 164 Å². The Morgan fingerprint density at radius 1 is 1.00 bits per heavy atom. The highest BCUT2D eigenvalue weighted by atomic mass is 35.5. The van der Waals surface area contributed by atoms with Crippen molar-refractivity contribution < 1.29 is 13.7 Å². The molecule has 0 radical (unpaired) electrons. The van der Waals surface area contributed by atoms with Crippen LogP contribution in [-0.2, 0) is 20.3 Å². The van der Waals surface area contributed by atoms with Crippen LogP contribution in [-0.4, -0.2) is 22.5 Å². The summed E-state index contributed by atoms with van der Waals surface area (Å²) in [6.45, 7) is 2.59. The minimum atomic E-state index is -1.60. The molecule has 0 aliphatic carbocycles. The first-order valence-electron chi connectivity index (χ1n) is 8.89. The van der Waals surface area contributed by atoms with Crippen molar-refractivity contribution in [2.24, 2.45) is 0 Å². The summed E-state index contributed by atoms with van der Waals surface area (Å²) in [5, 5.41) is -0.0316. The van der Waals surface area contributed by atoms with Crippen molar-refractivity contribution in [2.75, 3.05) is 12.4 Å². The van der Waals surface area contributed by atoms with Crippen molar-refractivity contribution in [3.63, 3.8) is 0 Å². The molecule has 1 aromatic rings. The van der Waals surface area contributed by atoms with E-state index in [4.69, 9.17) is 16.3 Å². The van der Waals surface area contributed by atoms with Gasteiger partial charge in [-0.15, -0.1) is 0 Å². The van der Waals surface area contributed by atoms with Crippen molar-refractivity contribution in [1.82, 2.24) is 0 Å². The van der Waals surface area contributed by atoms with E-state index in [-0.39, 0.29) is 19.7 Å². The van der Waals surface area contributed by atoms with Gasteiger partial charge in [0.2, 0.25) is 0 Å². The molecule has 0 N–H and O–H groups in total. The van der Waals surface area contributed by atoms with Gasteiger partial charge < -0.3 is 4.74 Å². The predicted octanol–water partition coefficient (Wildman–Crippen LogP) is 5.39. The zero-order valence-electron chi connectivity index (χ0n) is 14.7. The van der Waals surface area contributed by atoms with E-state index >= 15 is 0 Å². The molecule has 1 atom stereocenters. The molecule has 1 aromatic heterocycles. The molecule has 0 fully saturated rings. The summed E-state index contributed by atoms with van der Waals surface area (Å²) in [4.78, 5) is 22.9. The van der Waals surface area contributed by atoms with E-state index in [1.165, 1.54) is 44.9 Å². The van der Waals surface area contributed by atoms with Crippen LogP contribution in [0.15, 0.2) is 9.00 Å². The van der Waals surface area contributed by atoms with Crippen molar-refractivity contribution in [3.05, 3.63) is 14.6 Å². The van der Waals surface area contributed by atoms with Crippen LogP contribution >= 0.6 is 32.3 Å². The first-order valence-corrected chi connectivity index (χ1v) is 12.7. The number of ether oxygens (including phenoxy) is 1. The van der Waals surface area contributed by atoms with Gasteiger partial charge in [0.15, 0.2) is 0 Å². The lowest BCUT2D eigenvalue weighted by molar-refractivity contribution is -0.140. The normalized spacial score (nSPS) is 12.2. The highest BCUT2D eigenvalue weighted by Gasteiger charge is 2.18. The van der Waals surface area contributed by atoms with Gasteiger partial charge in [0.25, 0.3) is 4.74 Å². The molecule has 0 spiro atoms. The summed E-state index contributed by atoms with van der Waals surface area (Å²) in [6.07, 6.45) is 12.2. The Morgan fingerprint density at radius 3 is 2.08 bits per heavy atom. The maximum atomic E-state index is 12.0. The second kappa shape index (κ2) is 13.9. The monoisotopic (exact) mass is 426 g/mol. The Balaban J connectivity index is 2.01. The Morgan fingerprint density at radius 2 is 1.56 bits per heavy atom. The molecule has 0 bridgehead atoms. The number of esters is 1. The van der Waals surface area contributed by atoms with Crippen LogP contribution < -0.4 is 4.74 Å². The lowest BCUT2D eigenvalue weighted by Gasteiger charge is -2.05. The molecule has 0 aliphatic heterocycles. The summed E-state index contributed by atoms with van der Waals surface area (Å²) in [7, 11) is 0.395. The van der Waals surface area contributed by atoms with Gasteiger partial charge >= 0.3 is 5.97 Å². The molecular formula is C17H27ClO4S3.